The lowest BCUT2D eigenvalue weighted by atomic mass is 9.79. The molecule has 0 spiro atoms. The van der Waals surface area contributed by atoms with Crippen LogP contribution in [0.4, 0.5) is 5.95 Å². The summed E-state index contributed by atoms with van der Waals surface area (Å²) in [5.41, 5.74) is 6.04. The first-order chi connectivity index (χ1) is 15.8. The molecular weight excluding hydrogens is 416 g/mol. The van der Waals surface area contributed by atoms with Crippen LogP contribution in [0.1, 0.15) is 35.2 Å². The number of allylic oxidation sites excluding steroid dienone is 2. The number of aromatic nitrogens is 3. The van der Waals surface area contributed by atoms with Crippen molar-refractivity contribution in [3.05, 3.63) is 94.0 Å². The summed E-state index contributed by atoms with van der Waals surface area (Å²) in [6.45, 7) is 0. The molecule has 7 rings (SSSR count). The number of carbonyl (C=O) groups is 1. The van der Waals surface area contributed by atoms with E-state index >= 15 is 0 Å². The molecule has 0 amide bonds. The molecule has 0 bridgehead atoms. The number of anilines is 1. The van der Waals surface area contributed by atoms with Crippen molar-refractivity contribution < 1.29 is 4.79 Å². The molecule has 1 aliphatic carbocycles. The Balaban J connectivity index is 1.48. The Morgan fingerprint density at radius 1 is 1.00 bits per heavy atom. The van der Waals surface area contributed by atoms with Crippen molar-refractivity contribution >= 4 is 45.0 Å². The van der Waals surface area contributed by atoms with E-state index in [1.807, 2.05) is 24.3 Å². The van der Waals surface area contributed by atoms with Gasteiger partial charge in [0.2, 0.25) is 5.95 Å². The molecule has 3 aromatic heterocycles. The maximum Gasteiger partial charge on any atom is 0.209 e. The Morgan fingerprint density at radius 3 is 2.78 bits per heavy atom. The van der Waals surface area contributed by atoms with Crippen LogP contribution >= 0.6 is 11.3 Å². The number of ketones is 1. The second-order valence-corrected chi connectivity index (χ2v) is 9.53. The molecule has 0 radical (unpaired) electrons. The van der Waals surface area contributed by atoms with Crippen molar-refractivity contribution in [3.63, 3.8) is 0 Å². The molecule has 1 aliphatic heterocycles. The fourth-order valence-electron chi connectivity index (χ4n) is 5.36. The lowest BCUT2D eigenvalue weighted by Gasteiger charge is -2.36. The van der Waals surface area contributed by atoms with Crippen LogP contribution in [0.2, 0.25) is 0 Å². The predicted molar refractivity (Wildman–Crippen MR) is 128 cm³/mol. The summed E-state index contributed by atoms with van der Waals surface area (Å²) in [5.74, 6) is 1.24. The number of hydrogen-bond acceptors (Lipinski definition) is 4. The van der Waals surface area contributed by atoms with Crippen LogP contribution < -0.4 is 5.32 Å². The molecular formula is C26H20N4OS. The minimum atomic E-state index is -0.207. The second kappa shape index (κ2) is 6.68. The number of benzene rings is 2. The van der Waals surface area contributed by atoms with Crippen LogP contribution in [-0.4, -0.2) is 20.3 Å². The van der Waals surface area contributed by atoms with Gasteiger partial charge in [0.05, 0.1) is 17.1 Å². The number of rotatable bonds is 2. The fourth-order valence-corrected chi connectivity index (χ4v) is 6.19. The van der Waals surface area contributed by atoms with E-state index in [9.17, 15) is 4.79 Å². The predicted octanol–water partition coefficient (Wildman–Crippen LogP) is 5.99. The summed E-state index contributed by atoms with van der Waals surface area (Å²) in [5, 5.41) is 6.79. The highest BCUT2D eigenvalue weighted by Gasteiger charge is 2.40. The van der Waals surface area contributed by atoms with Crippen LogP contribution in [0.25, 0.3) is 21.9 Å². The SMILES string of the molecule is O=C1C[C@@H](c2cccs2)CC2=C1[C@H](c1c[nH]c3ccccc13)n1c(nc3ccccc31)N2. The molecule has 2 aromatic carbocycles. The zero-order chi connectivity index (χ0) is 21.2. The van der Waals surface area contributed by atoms with Crippen molar-refractivity contribution in [2.45, 2.75) is 24.8 Å². The first-order valence-electron chi connectivity index (χ1n) is 10.9. The molecule has 2 atom stereocenters. The smallest absolute Gasteiger partial charge is 0.209 e. The lowest BCUT2D eigenvalue weighted by Crippen LogP contribution is -2.32. The maximum atomic E-state index is 13.7. The van der Waals surface area contributed by atoms with Gasteiger partial charge in [0.15, 0.2) is 5.78 Å². The standard InChI is InChI=1S/C26H20N4OS/c31-22-13-15(23-10-5-11-32-23)12-20-24(22)25(17-14-27-18-7-2-1-6-16(17)18)30-21-9-4-3-8-19(21)28-26(30)29-20/h1-11,14-15,25,27H,12-13H2,(H,28,29)/t15-,25-/m0/s1. The summed E-state index contributed by atoms with van der Waals surface area (Å²) in [6.07, 6.45) is 3.42. The average Bonchev–Trinajstić information content (AvgIpc) is 3.55. The number of H-pyrrole nitrogens is 1. The zero-order valence-corrected chi connectivity index (χ0v) is 18.0. The lowest BCUT2D eigenvalue weighted by molar-refractivity contribution is -0.116. The molecule has 2 aliphatic rings. The van der Waals surface area contributed by atoms with Crippen molar-refractivity contribution in [2.75, 3.05) is 5.32 Å². The Labute approximate surface area is 188 Å². The summed E-state index contributed by atoms with van der Waals surface area (Å²) < 4.78 is 2.20. The monoisotopic (exact) mass is 436 g/mol. The van der Waals surface area contributed by atoms with E-state index in [2.05, 4.69) is 62.8 Å². The number of imidazole rings is 1. The van der Waals surface area contributed by atoms with Crippen molar-refractivity contribution in [3.8, 4) is 0 Å². The normalized spacial score (nSPS) is 20.4. The van der Waals surface area contributed by atoms with E-state index in [1.54, 1.807) is 11.3 Å². The maximum absolute atomic E-state index is 13.7. The van der Waals surface area contributed by atoms with E-state index in [0.717, 1.165) is 51.1 Å². The summed E-state index contributed by atoms with van der Waals surface area (Å²) in [4.78, 5) is 23.3. The van der Waals surface area contributed by atoms with Crippen molar-refractivity contribution in [2.24, 2.45) is 0 Å². The number of carbonyl (C=O) groups excluding carboxylic acids is 1. The molecule has 5 aromatic rings. The Kier molecular flexibility index (Phi) is 3.75. The molecule has 156 valence electrons. The fraction of sp³-hybridized carbons (Fsp3) is 0.154. The van der Waals surface area contributed by atoms with Crippen molar-refractivity contribution in [1.82, 2.24) is 14.5 Å². The Bertz CT molecular complexity index is 1540. The third kappa shape index (κ3) is 2.50. The number of thiophene rings is 1. The van der Waals surface area contributed by atoms with Gasteiger partial charge in [-0.25, -0.2) is 4.98 Å². The van der Waals surface area contributed by atoms with E-state index < -0.39 is 0 Å². The van der Waals surface area contributed by atoms with Crippen LogP contribution in [0.5, 0.6) is 0 Å². The van der Waals surface area contributed by atoms with Crippen LogP contribution in [-0.2, 0) is 4.79 Å². The first kappa shape index (κ1) is 18.0. The molecule has 0 fully saturated rings. The minimum Gasteiger partial charge on any atom is -0.361 e. The van der Waals surface area contributed by atoms with Crippen molar-refractivity contribution in [1.29, 1.82) is 0 Å². The molecule has 0 unspecified atom stereocenters. The van der Waals surface area contributed by atoms with E-state index in [0.29, 0.717) is 6.42 Å². The van der Waals surface area contributed by atoms with Gasteiger partial charge in [-0.15, -0.1) is 11.3 Å². The van der Waals surface area contributed by atoms with Crippen LogP contribution in [0.3, 0.4) is 0 Å². The summed E-state index contributed by atoms with van der Waals surface area (Å²) >= 11 is 1.73. The second-order valence-electron chi connectivity index (χ2n) is 8.55. The van der Waals surface area contributed by atoms with Gasteiger partial charge in [-0.2, -0.15) is 0 Å². The summed E-state index contributed by atoms with van der Waals surface area (Å²) in [6, 6.07) is 20.5. The van der Waals surface area contributed by atoms with Gasteiger partial charge in [-0.05, 0) is 36.1 Å². The number of hydrogen-bond donors (Lipinski definition) is 2. The van der Waals surface area contributed by atoms with Gasteiger partial charge in [-0.3, -0.25) is 9.36 Å². The first-order valence-corrected chi connectivity index (χ1v) is 11.8. The zero-order valence-electron chi connectivity index (χ0n) is 17.2. The number of aromatic amines is 1. The average molecular weight is 437 g/mol. The van der Waals surface area contributed by atoms with Gasteiger partial charge < -0.3 is 10.3 Å². The topological polar surface area (TPSA) is 62.7 Å². The van der Waals surface area contributed by atoms with Gasteiger partial charge in [0.25, 0.3) is 0 Å². The number of para-hydroxylation sites is 3. The number of nitrogens with zero attached hydrogens (tertiary/aromatic N) is 2. The van der Waals surface area contributed by atoms with Crippen LogP contribution in [0, 0.1) is 0 Å². The highest BCUT2D eigenvalue weighted by atomic mass is 32.1. The van der Waals surface area contributed by atoms with E-state index in [4.69, 9.17) is 4.98 Å². The quantitative estimate of drug-likeness (QED) is 0.357. The molecule has 4 heterocycles. The van der Waals surface area contributed by atoms with Gasteiger partial charge in [0, 0.05) is 51.1 Å². The van der Waals surface area contributed by atoms with Crippen LogP contribution in [0.15, 0.2) is 83.5 Å². The number of Topliss-reactive ketones (excluding diaryl/α,β-unsaturated/α-hetero) is 1. The molecule has 2 N–H and O–H groups in total. The Morgan fingerprint density at radius 2 is 1.88 bits per heavy atom. The third-order valence-electron chi connectivity index (χ3n) is 6.76. The molecule has 0 saturated carbocycles. The highest BCUT2D eigenvalue weighted by Crippen LogP contribution is 2.47. The molecule has 5 nitrogen and oxygen atoms in total. The molecule has 0 saturated heterocycles. The molecule has 32 heavy (non-hydrogen) atoms. The summed E-state index contributed by atoms with van der Waals surface area (Å²) in [7, 11) is 0. The minimum absolute atomic E-state index is 0.207. The number of fused-ring (bicyclic) bond motifs is 4. The molecule has 6 heteroatoms. The number of nitrogens with one attached hydrogen (secondary N) is 2. The van der Waals surface area contributed by atoms with E-state index in [1.165, 1.54) is 4.88 Å². The van der Waals surface area contributed by atoms with Gasteiger partial charge in [0.1, 0.15) is 0 Å². The van der Waals surface area contributed by atoms with Gasteiger partial charge >= 0.3 is 0 Å². The largest absolute Gasteiger partial charge is 0.361 e. The van der Waals surface area contributed by atoms with E-state index in [-0.39, 0.29) is 17.7 Å². The van der Waals surface area contributed by atoms with Gasteiger partial charge in [-0.1, -0.05) is 36.4 Å². The Hall–Kier alpha value is -3.64. The third-order valence-corrected chi connectivity index (χ3v) is 7.79. The highest BCUT2D eigenvalue weighted by molar-refractivity contribution is 7.10.